The third-order valence-electron chi connectivity index (χ3n) is 3.74. The molecule has 0 unspecified atom stereocenters. The number of aromatic amines is 1. The smallest absolute Gasteiger partial charge is 0.327 e. The number of benzene rings is 1. The Hall–Kier alpha value is -3.50. The van der Waals surface area contributed by atoms with E-state index in [1.165, 1.54) is 13.0 Å². The van der Waals surface area contributed by atoms with Gasteiger partial charge in [0.2, 0.25) is 0 Å². The van der Waals surface area contributed by atoms with Crippen molar-refractivity contribution >= 4 is 11.6 Å². The van der Waals surface area contributed by atoms with E-state index in [2.05, 4.69) is 5.10 Å². The zero-order valence-corrected chi connectivity index (χ0v) is 14.1. The van der Waals surface area contributed by atoms with Crippen molar-refractivity contribution < 1.29 is 26.7 Å². The zero-order chi connectivity index (χ0) is 20.6. The number of H-pyrrole nitrogens is 1. The SMILES string of the molecule is Cc1cc(C(=O)Nc2cc(C(F)(F)F)c[nH]c2=O)nn1-c1ccc(F)cc1F. The topological polar surface area (TPSA) is 79.8 Å². The highest BCUT2D eigenvalue weighted by molar-refractivity contribution is 6.02. The van der Waals surface area contributed by atoms with Crippen LogP contribution >= 0.6 is 0 Å². The summed E-state index contributed by atoms with van der Waals surface area (Å²) in [7, 11) is 0. The standard InChI is InChI=1S/C17H11F5N4O2/c1-8-4-13(25-26(8)14-3-2-10(18)6-11(14)19)16(28)24-12-5-9(17(20,21)22)7-23-15(12)27/h2-7H,1H3,(H,23,27)(H,24,28). The molecule has 146 valence electrons. The van der Waals surface area contributed by atoms with Crippen molar-refractivity contribution in [1.82, 2.24) is 14.8 Å². The van der Waals surface area contributed by atoms with Crippen molar-refractivity contribution in [3.05, 3.63) is 75.5 Å². The van der Waals surface area contributed by atoms with Gasteiger partial charge in [-0.2, -0.15) is 18.3 Å². The second-order valence-corrected chi connectivity index (χ2v) is 5.76. The summed E-state index contributed by atoms with van der Waals surface area (Å²) in [5, 5.41) is 5.92. The van der Waals surface area contributed by atoms with Crippen LogP contribution in [0.2, 0.25) is 0 Å². The fourth-order valence-corrected chi connectivity index (χ4v) is 2.41. The third-order valence-corrected chi connectivity index (χ3v) is 3.74. The van der Waals surface area contributed by atoms with Crippen molar-refractivity contribution in [3.8, 4) is 5.69 Å². The molecule has 0 saturated carbocycles. The summed E-state index contributed by atoms with van der Waals surface area (Å²) >= 11 is 0. The van der Waals surface area contributed by atoms with Gasteiger partial charge in [-0.1, -0.05) is 0 Å². The van der Waals surface area contributed by atoms with Gasteiger partial charge in [-0.15, -0.1) is 0 Å². The lowest BCUT2D eigenvalue weighted by Gasteiger charge is -2.08. The van der Waals surface area contributed by atoms with Gasteiger partial charge in [0.1, 0.15) is 17.2 Å². The Morgan fingerprint density at radius 2 is 1.89 bits per heavy atom. The van der Waals surface area contributed by atoms with E-state index in [1.54, 1.807) is 0 Å². The molecule has 2 aromatic heterocycles. The van der Waals surface area contributed by atoms with Crippen molar-refractivity contribution in [2.24, 2.45) is 0 Å². The third kappa shape index (κ3) is 3.77. The van der Waals surface area contributed by atoms with E-state index in [0.29, 0.717) is 24.0 Å². The van der Waals surface area contributed by atoms with E-state index in [-0.39, 0.29) is 11.4 Å². The molecule has 0 saturated heterocycles. The quantitative estimate of drug-likeness (QED) is 0.664. The summed E-state index contributed by atoms with van der Waals surface area (Å²) in [5.41, 5.74) is -2.83. The summed E-state index contributed by atoms with van der Waals surface area (Å²) in [4.78, 5) is 25.9. The molecule has 0 aliphatic carbocycles. The molecular weight excluding hydrogens is 387 g/mol. The fraction of sp³-hybridized carbons (Fsp3) is 0.118. The zero-order valence-electron chi connectivity index (χ0n) is 14.1. The molecule has 0 radical (unpaired) electrons. The van der Waals surface area contributed by atoms with Crippen molar-refractivity contribution in [3.63, 3.8) is 0 Å². The van der Waals surface area contributed by atoms with Crippen molar-refractivity contribution in [2.45, 2.75) is 13.1 Å². The lowest BCUT2D eigenvalue weighted by molar-refractivity contribution is -0.137. The monoisotopic (exact) mass is 398 g/mol. The second kappa shape index (κ2) is 6.91. The first-order valence-corrected chi connectivity index (χ1v) is 7.69. The number of anilines is 1. The van der Waals surface area contributed by atoms with Crippen LogP contribution in [0.3, 0.4) is 0 Å². The predicted octanol–water partition coefficient (Wildman–Crippen LogP) is 3.42. The highest BCUT2D eigenvalue weighted by Gasteiger charge is 2.31. The maximum absolute atomic E-state index is 13.9. The number of nitrogens with zero attached hydrogens (tertiary/aromatic N) is 2. The average molecular weight is 398 g/mol. The van der Waals surface area contributed by atoms with Gasteiger partial charge in [0, 0.05) is 18.0 Å². The van der Waals surface area contributed by atoms with E-state index in [1.807, 2.05) is 10.3 Å². The van der Waals surface area contributed by atoms with Gasteiger partial charge < -0.3 is 10.3 Å². The van der Waals surface area contributed by atoms with Crippen LogP contribution in [0.5, 0.6) is 0 Å². The molecule has 0 aliphatic rings. The number of carbonyl (C=O) groups excluding carboxylic acids is 1. The lowest BCUT2D eigenvalue weighted by atomic mass is 10.2. The number of hydrogen-bond acceptors (Lipinski definition) is 3. The second-order valence-electron chi connectivity index (χ2n) is 5.76. The average Bonchev–Trinajstić information content (AvgIpc) is 2.97. The molecule has 3 aromatic rings. The number of aryl methyl sites for hydroxylation is 1. The number of halogens is 5. The highest BCUT2D eigenvalue weighted by Crippen LogP contribution is 2.29. The van der Waals surface area contributed by atoms with Crippen LogP contribution in [0.25, 0.3) is 5.69 Å². The Balaban J connectivity index is 1.92. The largest absolute Gasteiger partial charge is 0.417 e. The number of carbonyl (C=O) groups is 1. The van der Waals surface area contributed by atoms with Gasteiger partial charge in [0.15, 0.2) is 11.5 Å². The molecule has 0 spiro atoms. The highest BCUT2D eigenvalue weighted by atomic mass is 19.4. The number of amides is 1. The molecule has 1 amide bonds. The van der Waals surface area contributed by atoms with Gasteiger partial charge >= 0.3 is 6.18 Å². The molecule has 6 nitrogen and oxygen atoms in total. The van der Waals surface area contributed by atoms with E-state index >= 15 is 0 Å². The van der Waals surface area contributed by atoms with E-state index in [0.717, 1.165) is 16.8 Å². The molecule has 11 heteroatoms. The van der Waals surface area contributed by atoms with Crippen LogP contribution in [-0.2, 0) is 6.18 Å². The van der Waals surface area contributed by atoms with Gasteiger partial charge in [0.25, 0.3) is 11.5 Å². The molecule has 28 heavy (non-hydrogen) atoms. The molecule has 0 atom stereocenters. The lowest BCUT2D eigenvalue weighted by Crippen LogP contribution is -2.22. The molecule has 2 heterocycles. The van der Waals surface area contributed by atoms with Gasteiger partial charge in [-0.05, 0) is 31.2 Å². The Kier molecular flexibility index (Phi) is 4.75. The Morgan fingerprint density at radius 1 is 1.18 bits per heavy atom. The maximum atomic E-state index is 13.9. The summed E-state index contributed by atoms with van der Waals surface area (Å²) in [5.74, 6) is -2.70. The van der Waals surface area contributed by atoms with Crippen molar-refractivity contribution in [2.75, 3.05) is 5.32 Å². The summed E-state index contributed by atoms with van der Waals surface area (Å²) < 4.78 is 66.3. The van der Waals surface area contributed by atoms with Crippen LogP contribution in [0.1, 0.15) is 21.7 Å². The minimum atomic E-state index is -4.72. The first-order valence-electron chi connectivity index (χ1n) is 7.69. The molecule has 0 bridgehead atoms. The minimum absolute atomic E-state index is 0.130. The number of pyridine rings is 1. The van der Waals surface area contributed by atoms with Gasteiger partial charge in [-0.25, -0.2) is 13.5 Å². The fourth-order valence-electron chi connectivity index (χ4n) is 2.41. The normalized spacial score (nSPS) is 11.5. The Labute approximate surface area is 153 Å². The molecule has 1 aromatic carbocycles. The first-order chi connectivity index (χ1) is 13.1. The van der Waals surface area contributed by atoms with Crippen LogP contribution < -0.4 is 10.9 Å². The predicted molar refractivity (Wildman–Crippen MR) is 88.2 cm³/mol. The van der Waals surface area contributed by atoms with Crippen LogP contribution in [-0.4, -0.2) is 20.7 Å². The van der Waals surface area contributed by atoms with Crippen molar-refractivity contribution in [1.29, 1.82) is 0 Å². The molecule has 3 rings (SSSR count). The van der Waals surface area contributed by atoms with Gasteiger partial charge in [0.05, 0.1) is 5.56 Å². The van der Waals surface area contributed by atoms with E-state index in [4.69, 9.17) is 0 Å². The Morgan fingerprint density at radius 3 is 2.54 bits per heavy atom. The van der Waals surface area contributed by atoms with Crippen LogP contribution in [0, 0.1) is 18.6 Å². The van der Waals surface area contributed by atoms with E-state index < -0.39 is 40.5 Å². The number of nitrogens with one attached hydrogen (secondary N) is 2. The molecule has 0 fully saturated rings. The first kappa shape index (κ1) is 19.3. The van der Waals surface area contributed by atoms with Gasteiger partial charge in [-0.3, -0.25) is 9.59 Å². The molecule has 2 N–H and O–H groups in total. The number of alkyl halides is 3. The molecular formula is C17H11F5N4O2. The Bertz CT molecular complexity index is 1120. The van der Waals surface area contributed by atoms with Crippen LogP contribution in [0.4, 0.5) is 27.6 Å². The number of rotatable bonds is 3. The summed E-state index contributed by atoms with van der Waals surface area (Å²) in [6.45, 7) is 1.49. The van der Waals surface area contributed by atoms with Crippen LogP contribution in [0.15, 0.2) is 41.3 Å². The minimum Gasteiger partial charge on any atom is -0.327 e. The summed E-state index contributed by atoms with van der Waals surface area (Å²) in [6, 6.07) is 4.48. The van der Waals surface area contributed by atoms with E-state index in [9.17, 15) is 31.5 Å². The number of aromatic nitrogens is 3. The summed E-state index contributed by atoms with van der Waals surface area (Å²) in [6.07, 6.45) is -4.24. The maximum Gasteiger partial charge on any atom is 0.417 e. The number of hydrogen-bond donors (Lipinski definition) is 2. The molecule has 0 aliphatic heterocycles.